The van der Waals surface area contributed by atoms with E-state index in [-0.39, 0.29) is 12.9 Å². The van der Waals surface area contributed by atoms with Gasteiger partial charge in [0.05, 0.1) is 6.10 Å². The number of hydrogen-bond acceptors (Lipinski definition) is 3. The van der Waals surface area contributed by atoms with Crippen LogP contribution < -0.4 is 0 Å². The predicted octanol–water partition coefficient (Wildman–Crippen LogP) is 1.11. The van der Waals surface area contributed by atoms with E-state index < -0.39 is 6.29 Å². The number of aliphatic hydroxyl groups is 1. The second-order valence-corrected chi connectivity index (χ2v) is 2.36. The Bertz CT molecular complexity index is 73.3. The lowest BCUT2D eigenvalue weighted by atomic mass is 10.5. The molecule has 3 nitrogen and oxygen atoms in total. The molecule has 0 aromatic rings. The Kier molecular flexibility index (Phi) is 5.58. The zero-order chi connectivity index (χ0) is 7.98. The van der Waals surface area contributed by atoms with E-state index in [1.54, 1.807) is 0 Å². The fraction of sp³-hybridized carbons (Fsp3) is 1.00. The Morgan fingerprint density at radius 1 is 1.30 bits per heavy atom. The van der Waals surface area contributed by atoms with E-state index in [4.69, 9.17) is 14.6 Å². The van der Waals surface area contributed by atoms with Gasteiger partial charge in [-0.25, -0.2) is 0 Å². The maximum Gasteiger partial charge on any atom is 0.157 e. The largest absolute Gasteiger partial charge is 0.368 e. The molecule has 0 radical (unpaired) electrons. The summed E-state index contributed by atoms with van der Waals surface area (Å²) < 4.78 is 9.87. The molecule has 3 heteroatoms. The second-order valence-electron chi connectivity index (χ2n) is 2.36. The summed E-state index contributed by atoms with van der Waals surface area (Å²) in [5, 5.41) is 8.87. The molecule has 62 valence electrons. The van der Waals surface area contributed by atoms with Crippen LogP contribution in [0.4, 0.5) is 0 Å². The summed E-state index contributed by atoms with van der Waals surface area (Å²) in [7, 11) is 0. The Balaban J connectivity index is 3.03. The molecule has 0 spiro atoms. The Morgan fingerprint density at radius 2 is 1.90 bits per heavy atom. The van der Waals surface area contributed by atoms with Crippen molar-refractivity contribution in [3.63, 3.8) is 0 Å². The number of ether oxygens (including phenoxy) is 2. The summed E-state index contributed by atoms with van der Waals surface area (Å²) in [5.41, 5.74) is 0. The Morgan fingerprint density at radius 3 is 2.30 bits per heavy atom. The highest BCUT2D eigenvalue weighted by Gasteiger charge is 1.99. The molecule has 0 rings (SSSR count). The first-order chi connectivity index (χ1) is 4.66. The highest BCUT2D eigenvalue weighted by Crippen LogP contribution is 1.94. The molecule has 0 aromatic carbocycles. The monoisotopic (exact) mass is 148 g/mol. The summed E-state index contributed by atoms with van der Waals surface area (Å²) in [6, 6.07) is 0. The van der Waals surface area contributed by atoms with Crippen molar-refractivity contribution in [2.24, 2.45) is 0 Å². The summed E-state index contributed by atoms with van der Waals surface area (Å²) in [5.74, 6) is 0. The smallest absolute Gasteiger partial charge is 0.157 e. The number of aliphatic hydroxyl groups excluding tert-OH is 1. The van der Waals surface area contributed by atoms with Crippen molar-refractivity contribution in [3.8, 4) is 0 Å². The van der Waals surface area contributed by atoms with Gasteiger partial charge in [0.25, 0.3) is 0 Å². The lowest BCUT2D eigenvalue weighted by Gasteiger charge is -2.11. The van der Waals surface area contributed by atoms with Crippen molar-refractivity contribution < 1.29 is 14.6 Å². The van der Waals surface area contributed by atoms with Crippen molar-refractivity contribution in [1.29, 1.82) is 0 Å². The van der Waals surface area contributed by atoms with E-state index in [0.717, 1.165) is 0 Å². The van der Waals surface area contributed by atoms with Gasteiger partial charge in [-0.3, -0.25) is 0 Å². The molecule has 0 aromatic heterocycles. The van der Waals surface area contributed by atoms with E-state index in [0.29, 0.717) is 6.42 Å². The average Bonchev–Trinajstić information content (AvgIpc) is 1.87. The van der Waals surface area contributed by atoms with Gasteiger partial charge in [-0.05, 0) is 20.3 Å². The highest BCUT2D eigenvalue weighted by molar-refractivity contribution is 4.33. The molecule has 0 aliphatic carbocycles. The molecular formula is C7H16O3. The van der Waals surface area contributed by atoms with E-state index in [9.17, 15) is 0 Å². The molecule has 0 aliphatic heterocycles. The molecule has 1 unspecified atom stereocenters. The van der Waals surface area contributed by atoms with Gasteiger partial charge >= 0.3 is 0 Å². The van der Waals surface area contributed by atoms with Crippen LogP contribution in [0.3, 0.4) is 0 Å². The van der Waals surface area contributed by atoms with Crippen molar-refractivity contribution in [2.75, 3.05) is 6.79 Å². The minimum absolute atomic E-state index is 0.157. The first-order valence-corrected chi connectivity index (χ1v) is 3.58. The number of rotatable bonds is 5. The van der Waals surface area contributed by atoms with Crippen LogP contribution in [-0.2, 0) is 9.47 Å². The summed E-state index contributed by atoms with van der Waals surface area (Å²) in [4.78, 5) is 0. The fourth-order valence-electron chi connectivity index (χ4n) is 0.372. The van der Waals surface area contributed by atoms with Crippen LogP contribution in [0.1, 0.15) is 27.2 Å². The van der Waals surface area contributed by atoms with Gasteiger partial charge < -0.3 is 14.6 Å². The van der Waals surface area contributed by atoms with Gasteiger partial charge in [-0.1, -0.05) is 6.92 Å². The van der Waals surface area contributed by atoms with Gasteiger partial charge in [0.15, 0.2) is 6.29 Å². The van der Waals surface area contributed by atoms with E-state index in [2.05, 4.69) is 0 Å². The third-order valence-corrected chi connectivity index (χ3v) is 1.01. The highest BCUT2D eigenvalue weighted by atomic mass is 16.7. The maximum absolute atomic E-state index is 8.87. The van der Waals surface area contributed by atoms with Crippen LogP contribution in [0.15, 0.2) is 0 Å². The molecule has 0 amide bonds. The quantitative estimate of drug-likeness (QED) is 0.594. The van der Waals surface area contributed by atoms with E-state index >= 15 is 0 Å². The minimum atomic E-state index is -0.682. The third kappa shape index (κ3) is 6.01. The van der Waals surface area contributed by atoms with Gasteiger partial charge in [-0.2, -0.15) is 0 Å². The molecule has 0 fully saturated rings. The zero-order valence-electron chi connectivity index (χ0n) is 6.83. The average molecular weight is 148 g/mol. The van der Waals surface area contributed by atoms with Crippen LogP contribution in [0.25, 0.3) is 0 Å². The standard InChI is InChI=1S/C7H16O3/c1-4-7(8)10-5-9-6(2)3/h6-8H,4-5H2,1-3H3. The van der Waals surface area contributed by atoms with Crippen LogP contribution >= 0.6 is 0 Å². The van der Waals surface area contributed by atoms with Crippen molar-refractivity contribution >= 4 is 0 Å². The maximum atomic E-state index is 8.87. The molecule has 0 saturated carbocycles. The zero-order valence-corrected chi connectivity index (χ0v) is 6.83. The molecule has 0 saturated heterocycles. The lowest BCUT2D eigenvalue weighted by Crippen LogP contribution is -2.15. The molecule has 0 aliphatic rings. The summed E-state index contributed by atoms with van der Waals surface area (Å²) in [6.45, 7) is 5.86. The first kappa shape index (κ1) is 9.88. The topological polar surface area (TPSA) is 38.7 Å². The number of hydrogen-bond donors (Lipinski definition) is 1. The van der Waals surface area contributed by atoms with Crippen molar-refractivity contribution in [1.82, 2.24) is 0 Å². The molecule has 0 heterocycles. The second kappa shape index (κ2) is 5.65. The van der Waals surface area contributed by atoms with Gasteiger partial charge in [0, 0.05) is 0 Å². The van der Waals surface area contributed by atoms with Crippen LogP contribution in [0.2, 0.25) is 0 Å². The molecule has 10 heavy (non-hydrogen) atoms. The van der Waals surface area contributed by atoms with Gasteiger partial charge in [-0.15, -0.1) is 0 Å². The SMILES string of the molecule is CCC(O)OCOC(C)C. The van der Waals surface area contributed by atoms with Gasteiger partial charge in [0.1, 0.15) is 6.79 Å². The van der Waals surface area contributed by atoms with Crippen LogP contribution in [0, 0.1) is 0 Å². The lowest BCUT2D eigenvalue weighted by molar-refractivity contribution is -0.179. The van der Waals surface area contributed by atoms with Crippen LogP contribution in [-0.4, -0.2) is 24.3 Å². The third-order valence-electron chi connectivity index (χ3n) is 1.01. The van der Waals surface area contributed by atoms with Crippen LogP contribution in [0.5, 0.6) is 0 Å². The minimum Gasteiger partial charge on any atom is -0.368 e. The van der Waals surface area contributed by atoms with E-state index in [1.165, 1.54) is 0 Å². The van der Waals surface area contributed by atoms with Crippen molar-refractivity contribution in [3.05, 3.63) is 0 Å². The van der Waals surface area contributed by atoms with Crippen molar-refractivity contribution in [2.45, 2.75) is 39.6 Å². The Hall–Kier alpha value is -0.120. The fourth-order valence-corrected chi connectivity index (χ4v) is 0.372. The summed E-state index contributed by atoms with van der Waals surface area (Å²) in [6.07, 6.45) is 0.0735. The molecule has 1 atom stereocenters. The molecular weight excluding hydrogens is 132 g/mol. The first-order valence-electron chi connectivity index (χ1n) is 3.58. The molecule has 1 N–H and O–H groups in total. The normalized spacial score (nSPS) is 14.1. The molecule has 0 bridgehead atoms. The van der Waals surface area contributed by atoms with Gasteiger partial charge in [0.2, 0.25) is 0 Å². The predicted molar refractivity (Wildman–Crippen MR) is 38.5 cm³/mol. The van der Waals surface area contributed by atoms with E-state index in [1.807, 2.05) is 20.8 Å². The summed E-state index contributed by atoms with van der Waals surface area (Å²) >= 11 is 0. The Labute approximate surface area is 62.0 Å².